The van der Waals surface area contributed by atoms with Gasteiger partial charge in [0.2, 0.25) is 0 Å². The summed E-state index contributed by atoms with van der Waals surface area (Å²) < 4.78 is 34.6. The standard InChI is InChI=1S/C12H17NO2.C7H8O3S/c1-10(2)8-13-12(14)15-9-11-6-4-3-5-7-11;1-6-2-4-7(5-3-6)11(8,9)10/h3-7,10H,8-9H2,1-2H3,(H,13,14);2-5H,1H3,(H,8,9,10). The summed E-state index contributed by atoms with van der Waals surface area (Å²) in [4.78, 5) is 11.1. The van der Waals surface area contributed by atoms with E-state index in [2.05, 4.69) is 5.32 Å². The molecule has 2 aromatic carbocycles. The smallest absolute Gasteiger partial charge is 0.407 e. The zero-order chi connectivity index (χ0) is 19.6. The number of rotatable bonds is 5. The van der Waals surface area contributed by atoms with Crippen molar-refractivity contribution in [2.75, 3.05) is 6.54 Å². The van der Waals surface area contributed by atoms with Gasteiger partial charge in [0, 0.05) is 6.54 Å². The predicted molar refractivity (Wildman–Crippen MR) is 100 cm³/mol. The van der Waals surface area contributed by atoms with Crippen LogP contribution in [0.4, 0.5) is 4.79 Å². The van der Waals surface area contributed by atoms with Gasteiger partial charge < -0.3 is 10.1 Å². The molecule has 142 valence electrons. The molecule has 6 nitrogen and oxygen atoms in total. The van der Waals surface area contributed by atoms with E-state index in [1.165, 1.54) is 12.1 Å². The first kappa shape index (κ1) is 21.7. The molecule has 0 saturated heterocycles. The Bertz CT molecular complexity index is 771. The second-order valence-corrected chi connectivity index (χ2v) is 7.55. The zero-order valence-corrected chi connectivity index (χ0v) is 16.0. The van der Waals surface area contributed by atoms with Gasteiger partial charge in [-0.15, -0.1) is 0 Å². The molecule has 2 aromatic rings. The first-order valence-corrected chi connectivity index (χ1v) is 9.61. The highest BCUT2D eigenvalue weighted by atomic mass is 32.2. The molecule has 2 N–H and O–H groups in total. The quantitative estimate of drug-likeness (QED) is 0.771. The zero-order valence-electron chi connectivity index (χ0n) is 15.2. The molecule has 0 bridgehead atoms. The second-order valence-electron chi connectivity index (χ2n) is 6.12. The van der Waals surface area contributed by atoms with E-state index in [9.17, 15) is 13.2 Å². The number of aryl methyl sites for hydroxylation is 1. The van der Waals surface area contributed by atoms with Crippen LogP contribution in [0.15, 0.2) is 59.5 Å². The lowest BCUT2D eigenvalue weighted by atomic mass is 10.2. The van der Waals surface area contributed by atoms with E-state index in [4.69, 9.17) is 9.29 Å². The molecule has 0 unspecified atom stereocenters. The number of carbonyl (C=O) groups excluding carboxylic acids is 1. The minimum atomic E-state index is -4.02. The highest BCUT2D eigenvalue weighted by Crippen LogP contribution is 2.08. The maximum absolute atomic E-state index is 11.2. The third-order valence-electron chi connectivity index (χ3n) is 3.19. The number of carbonyl (C=O) groups is 1. The van der Waals surface area contributed by atoms with E-state index in [1.54, 1.807) is 12.1 Å². The van der Waals surface area contributed by atoms with Crippen molar-refractivity contribution in [2.24, 2.45) is 5.92 Å². The molecular formula is C19H25NO5S. The van der Waals surface area contributed by atoms with Crippen LogP contribution in [0.2, 0.25) is 0 Å². The molecule has 0 aliphatic rings. The van der Waals surface area contributed by atoms with Crippen molar-refractivity contribution >= 4 is 16.2 Å². The summed E-state index contributed by atoms with van der Waals surface area (Å²) in [5.74, 6) is 0.439. The number of ether oxygens (including phenoxy) is 1. The van der Waals surface area contributed by atoms with E-state index >= 15 is 0 Å². The van der Waals surface area contributed by atoms with Crippen LogP contribution in [-0.4, -0.2) is 25.6 Å². The van der Waals surface area contributed by atoms with Gasteiger partial charge in [0.15, 0.2) is 0 Å². The Labute approximate surface area is 155 Å². The molecular weight excluding hydrogens is 354 g/mol. The molecule has 2 rings (SSSR count). The molecule has 0 aliphatic heterocycles. The Morgan fingerprint density at radius 3 is 2.15 bits per heavy atom. The van der Waals surface area contributed by atoms with Crippen LogP contribution in [-0.2, 0) is 21.5 Å². The predicted octanol–water partition coefficient (Wildman–Crippen LogP) is 3.81. The summed E-state index contributed by atoms with van der Waals surface area (Å²) in [6, 6.07) is 15.6. The molecule has 0 saturated carbocycles. The van der Waals surface area contributed by atoms with Crippen LogP contribution in [0.3, 0.4) is 0 Å². The average Bonchev–Trinajstić information content (AvgIpc) is 2.59. The molecule has 0 spiro atoms. The lowest BCUT2D eigenvalue weighted by Gasteiger charge is -2.08. The minimum absolute atomic E-state index is 0.0666. The molecule has 0 atom stereocenters. The first-order chi connectivity index (χ1) is 12.2. The normalized spacial score (nSPS) is 10.7. The Morgan fingerprint density at radius 1 is 1.08 bits per heavy atom. The highest BCUT2D eigenvalue weighted by molar-refractivity contribution is 7.85. The Kier molecular flexibility index (Phi) is 8.81. The van der Waals surface area contributed by atoms with Crippen molar-refractivity contribution in [1.29, 1.82) is 0 Å². The van der Waals surface area contributed by atoms with Crippen molar-refractivity contribution in [3.8, 4) is 0 Å². The lowest BCUT2D eigenvalue weighted by molar-refractivity contribution is 0.138. The van der Waals surface area contributed by atoms with E-state index in [0.29, 0.717) is 19.1 Å². The van der Waals surface area contributed by atoms with Crippen molar-refractivity contribution in [1.82, 2.24) is 5.32 Å². The number of hydrogen-bond donors (Lipinski definition) is 2. The van der Waals surface area contributed by atoms with Gasteiger partial charge in [0.1, 0.15) is 6.61 Å². The number of hydrogen-bond acceptors (Lipinski definition) is 4. The van der Waals surface area contributed by atoms with Gasteiger partial charge in [-0.2, -0.15) is 8.42 Å². The fourth-order valence-corrected chi connectivity index (χ4v) is 2.25. The third-order valence-corrected chi connectivity index (χ3v) is 4.05. The average molecular weight is 379 g/mol. The summed E-state index contributed by atoms with van der Waals surface area (Å²) in [5, 5.41) is 2.69. The van der Waals surface area contributed by atoms with Gasteiger partial charge in [0.05, 0.1) is 4.90 Å². The Hall–Kier alpha value is -2.38. The van der Waals surface area contributed by atoms with Gasteiger partial charge in [-0.3, -0.25) is 4.55 Å². The fraction of sp³-hybridized carbons (Fsp3) is 0.316. The van der Waals surface area contributed by atoms with Crippen molar-refractivity contribution in [2.45, 2.75) is 32.3 Å². The Morgan fingerprint density at radius 2 is 1.65 bits per heavy atom. The monoisotopic (exact) mass is 379 g/mol. The molecule has 26 heavy (non-hydrogen) atoms. The molecule has 0 radical (unpaired) electrons. The van der Waals surface area contributed by atoms with Gasteiger partial charge in [-0.05, 0) is 30.5 Å². The van der Waals surface area contributed by atoms with Gasteiger partial charge >= 0.3 is 6.09 Å². The van der Waals surface area contributed by atoms with Crippen molar-refractivity contribution < 1.29 is 22.5 Å². The summed E-state index contributed by atoms with van der Waals surface area (Å²) >= 11 is 0. The Balaban J connectivity index is 0.000000273. The van der Waals surface area contributed by atoms with Crippen molar-refractivity contribution in [3.05, 3.63) is 65.7 Å². The molecule has 0 heterocycles. The maximum Gasteiger partial charge on any atom is 0.407 e. The second kappa shape index (κ2) is 10.6. The molecule has 1 amide bonds. The van der Waals surface area contributed by atoms with E-state index in [-0.39, 0.29) is 11.0 Å². The van der Waals surface area contributed by atoms with Crippen LogP contribution in [0.25, 0.3) is 0 Å². The number of nitrogens with one attached hydrogen (secondary N) is 1. The minimum Gasteiger partial charge on any atom is -0.445 e. The van der Waals surface area contributed by atoms with Gasteiger partial charge in [-0.1, -0.05) is 61.9 Å². The van der Waals surface area contributed by atoms with E-state index < -0.39 is 10.1 Å². The van der Waals surface area contributed by atoms with Gasteiger partial charge in [0.25, 0.3) is 10.1 Å². The number of benzene rings is 2. The topological polar surface area (TPSA) is 92.7 Å². The van der Waals surface area contributed by atoms with E-state index in [1.807, 2.05) is 51.1 Å². The summed E-state index contributed by atoms with van der Waals surface area (Å²) in [6.45, 7) is 6.89. The van der Waals surface area contributed by atoms with Crippen LogP contribution in [0.1, 0.15) is 25.0 Å². The van der Waals surface area contributed by atoms with E-state index in [0.717, 1.165) is 11.1 Å². The van der Waals surface area contributed by atoms with Crippen LogP contribution >= 0.6 is 0 Å². The third kappa shape index (κ3) is 9.19. The maximum atomic E-state index is 11.2. The van der Waals surface area contributed by atoms with Crippen LogP contribution < -0.4 is 5.32 Å². The SMILES string of the molecule is CC(C)CNC(=O)OCc1ccccc1.Cc1ccc(S(=O)(=O)O)cc1. The summed E-state index contributed by atoms with van der Waals surface area (Å²) in [7, 11) is -4.02. The van der Waals surface area contributed by atoms with Crippen molar-refractivity contribution in [3.63, 3.8) is 0 Å². The fourth-order valence-electron chi connectivity index (χ4n) is 1.77. The summed E-state index contributed by atoms with van der Waals surface area (Å²) in [5.41, 5.74) is 1.95. The molecule has 0 aliphatic carbocycles. The first-order valence-electron chi connectivity index (χ1n) is 8.17. The van der Waals surface area contributed by atoms with Gasteiger partial charge in [-0.25, -0.2) is 4.79 Å². The lowest BCUT2D eigenvalue weighted by Crippen LogP contribution is -2.27. The molecule has 7 heteroatoms. The summed E-state index contributed by atoms with van der Waals surface area (Å²) in [6.07, 6.45) is -0.354. The highest BCUT2D eigenvalue weighted by Gasteiger charge is 2.06. The molecule has 0 fully saturated rings. The van der Waals surface area contributed by atoms with Crippen LogP contribution in [0.5, 0.6) is 0 Å². The van der Waals surface area contributed by atoms with Crippen LogP contribution in [0, 0.1) is 12.8 Å². The number of alkyl carbamates (subject to hydrolysis) is 1. The largest absolute Gasteiger partial charge is 0.445 e. The molecule has 0 aromatic heterocycles. The number of amides is 1.